The smallest absolute Gasteiger partial charge is 0.270 e. The van der Waals surface area contributed by atoms with Crippen LogP contribution in [0.2, 0.25) is 0 Å². The molecule has 2 aromatic heterocycles. The molecule has 106 valence electrons. The van der Waals surface area contributed by atoms with Gasteiger partial charge in [0.1, 0.15) is 11.5 Å². The van der Waals surface area contributed by atoms with E-state index >= 15 is 0 Å². The van der Waals surface area contributed by atoms with Crippen molar-refractivity contribution in [2.75, 3.05) is 0 Å². The fourth-order valence-corrected chi connectivity index (χ4v) is 2.18. The number of H-pyrrole nitrogens is 1. The summed E-state index contributed by atoms with van der Waals surface area (Å²) in [5, 5.41) is 2.89. The number of benzene rings is 1. The maximum Gasteiger partial charge on any atom is 0.270 e. The van der Waals surface area contributed by atoms with Crippen molar-refractivity contribution in [2.24, 2.45) is 0 Å². The fraction of sp³-hybridized carbons (Fsp3) is 0.188. The zero-order valence-electron chi connectivity index (χ0n) is 11.9. The Labute approximate surface area is 122 Å². The van der Waals surface area contributed by atoms with Gasteiger partial charge in [0.05, 0.1) is 17.1 Å². The Morgan fingerprint density at radius 3 is 2.90 bits per heavy atom. The van der Waals surface area contributed by atoms with Crippen LogP contribution in [-0.2, 0) is 0 Å². The lowest BCUT2D eigenvalue weighted by Gasteiger charge is -2.10. The Balaban J connectivity index is 1.80. The molecular weight excluding hydrogens is 264 g/mol. The van der Waals surface area contributed by atoms with E-state index in [2.05, 4.69) is 20.3 Å². The average molecular weight is 280 g/mol. The first-order chi connectivity index (χ1) is 10.1. The molecule has 0 aliphatic heterocycles. The quantitative estimate of drug-likeness (QED) is 0.775. The molecule has 1 amide bonds. The number of carbonyl (C=O) groups is 1. The molecule has 1 aromatic carbocycles. The number of aromatic amines is 1. The number of hydrogen-bond acceptors (Lipinski definition) is 3. The summed E-state index contributed by atoms with van der Waals surface area (Å²) in [6.07, 6.45) is 1.60. The third-order valence-electron chi connectivity index (χ3n) is 3.31. The minimum absolute atomic E-state index is 0.209. The molecule has 2 N–H and O–H groups in total. The molecule has 0 spiro atoms. The van der Waals surface area contributed by atoms with Gasteiger partial charge in [0.2, 0.25) is 0 Å². The summed E-state index contributed by atoms with van der Waals surface area (Å²) in [5.74, 6) is 0.527. The van der Waals surface area contributed by atoms with Crippen LogP contribution in [0.1, 0.15) is 34.8 Å². The van der Waals surface area contributed by atoms with Crippen molar-refractivity contribution in [1.29, 1.82) is 0 Å². The molecule has 1 atom stereocenters. The molecular formula is C16H16N4O. The minimum atomic E-state index is -0.216. The lowest BCUT2D eigenvalue weighted by atomic mass is 10.2. The number of aromatic nitrogens is 3. The Morgan fingerprint density at radius 2 is 2.14 bits per heavy atom. The fourth-order valence-electron chi connectivity index (χ4n) is 2.18. The van der Waals surface area contributed by atoms with Crippen LogP contribution in [0.15, 0.2) is 42.6 Å². The molecule has 0 aliphatic carbocycles. The summed E-state index contributed by atoms with van der Waals surface area (Å²) < 4.78 is 0. The Morgan fingerprint density at radius 1 is 1.29 bits per heavy atom. The van der Waals surface area contributed by atoms with Crippen LogP contribution < -0.4 is 5.32 Å². The molecule has 5 nitrogen and oxygen atoms in total. The highest BCUT2D eigenvalue weighted by molar-refractivity contribution is 5.92. The maximum atomic E-state index is 12.1. The van der Waals surface area contributed by atoms with Gasteiger partial charge >= 0.3 is 0 Å². The molecule has 21 heavy (non-hydrogen) atoms. The van der Waals surface area contributed by atoms with Gasteiger partial charge in [-0.3, -0.25) is 9.78 Å². The van der Waals surface area contributed by atoms with E-state index in [0.29, 0.717) is 5.69 Å². The molecule has 0 bridgehead atoms. The summed E-state index contributed by atoms with van der Waals surface area (Å²) in [5.41, 5.74) is 3.44. The van der Waals surface area contributed by atoms with E-state index in [1.54, 1.807) is 24.4 Å². The van der Waals surface area contributed by atoms with Crippen LogP contribution in [0.4, 0.5) is 0 Å². The third kappa shape index (κ3) is 2.76. The second-order valence-corrected chi connectivity index (χ2v) is 5.05. The number of pyridine rings is 1. The van der Waals surface area contributed by atoms with Gasteiger partial charge in [0.15, 0.2) is 0 Å². The number of imidazole rings is 1. The van der Waals surface area contributed by atoms with Gasteiger partial charge in [0.25, 0.3) is 5.91 Å². The SMILES string of the molecule is Cc1ccc2nc(C(C)NC(=O)c3ccccn3)[nH]c2c1. The lowest BCUT2D eigenvalue weighted by Crippen LogP contribution is -2.28. The number of carbonyl (C=O) groups excluding carboxylic acids is 1. The molecule has 3 aromatic rings. The van der Waals surface area contributed by atoms with Crippen molar-refractivity contribution < 1.29 is 4.79 Å². The Bertz CT molecular complexity index is 779. The molecule has 0 saturated carbocycles. The van der Waals surface area contributed by atoms with Crippen LogP contribution in [0, 0.1) is 6.92 Å². The van der Waals surface area contributed by atoms with Gasteiger partial charge in [-0.1, -0.05) is 12.1 Å². The van der Waals surface area contributed by atoms with Crippen molar-refractivity contribution in [2.45, 2.75) is 19.9 Å². The second-order valence-electron chi connectivity index (χ2n) is 5.05. The van der Waals surface area contributed by atoms with Crippen molar-refractivity contribution >= 4 is 16.9 Å². The van der Waals surface area contributed by atoms with Crippen molar-refractivity contribution in [3.05, 3.63) is 59.7 Å². The molecule has 2 heterocycles. The van der Waals surface area contributed by atoms with E-state index in [9.17, 15) is 4.79 Å². The highest BCUT2D eigenvalue weighted by atomic mass is 16.1. The largest absolute Gasteiger partial charge is 0.341 e. The third-order valence-corrected chi connectivity index (χ3v) is 3.31. The monoisotopic (exact) mass is 280 g/mol. The number of nitrogens with zero attached hydrogens (tertiary/aromatic N) is 2. The lowest BCUT2D eigenvalue weighted by molar-refractivity contribution is 0.0933. The number of amides is 1. The van der Waals surface area contributed by atoms with Gasteiger partial charge in [-0.25, -0.2) is 4.98 Å². The van der Waals surface area contributed by atoms with Crippen LogP contribution in [-0.4, -0.2) is 20.9 Å². The molecule has 1 unspecified atom stereocenters. The van der Waals surface area contributed by atoms with Crippen LogP contribution in [0.3, 0.4) is 0 Å². The summed E-state index contributed by atoms with van der Waals surface area (Å²) in [7, 11) is 0. The van der Waals surface area contributed by atoms with E-state index in [-0.39, 0.29) is 11.9 Å². The molecule has 0 aliphatic rings. The highest BCUT2D eigenvalue weighted by Crippen LogP contribution is 2.17. The average Bonchev–Trinajstić information content (AvgIpc) is 2.91. The van der Waals surface area contributed by atoms with E-state index < -0.39 is 0 Å². The minimum Gasteiger partial charge on any atom is -0.341 e. The first-order valence-electron chi connectivity index (χ1n) is 6.81. The Kier molecular flexibility index (Phi) is 3.39. The normalized spacial score (nSPS) is 12.3. The van der Waals surface area contributed by atoms with Gasteiger partial charge in [0, 0.05) is 6.20 Å². The first kappa shape index (κ1) is 13.3. The number of aryl methyl sites for hydroxylation is 1. The number of hydrogen-bond donors (Lipinski definition) is 2. The van der Waals surface area contributed by atoms with Crippen LogP contribution in [0.5, 0.6) is 0 Å². The number of rotatable bonds is 3. The molecule has 5 heteroatoms. The molecule has 0 saturated heterocycles. The maximum absolute atomic E-state index is 12.1. The van der Waals surface area contributed by atoms with E-state index in [1.165, 1.54) is 5.56 Å². The Hall–Kier alpha value is -2.69. The van der Waals surface area contributed by atoms with Crippen LogP contribution in [0.25, 0.3) is 11.0 Å². The predicted octanol–water partition coefficient (Wildman–Crippen LogP) is 2.76. The summed E-state index contributed by atoms with van der Waals surface area (Å²) in [6, 6.07) is 11.1. The van der Waals surface area contributed by atoms with Crippen molar-refractivity contribution in [1.82, 2.24) is 20.3 Å². The van der Waals surface area contributed by atoms with Gasteiger partial charge in [-0.15, -0.1) is 0 Å². The number of fused-ring (bicyclic) bond motifs is 1. The first-order valence-corrected chi connectivity index (χ1v) is 6.81. The predicted molar refractivity (Wildman–Crippen MR) is 80.9 cm³/mol. The van der Waals surface area contributed by atoms with E-state index in [4.69, 9.17) is 0 Å². The summed E-state index contributed by atoms with van der Waals surface area (Å²) >= 11 is 0. The van der Waals surface area contributed by atoms with E-state index in [0.717, 1.165) is 16.9 Å². The number of nitrogens with one attached hydrogen (secondary N) is 2. The van der Waals surface area contributed by atoms with Crippen molar-refractivity contribution in [3.63, 3.8) is 0 Å². The van der Waals surface area contributed by atoms with Crippen molar-refractivity contribution in [3.8, 4) is 0 Å². The molecule has 0 radical (unpaired) electrons. The summed E-state index contributed by atoms with van der Waals surface area (Å²) in [4.78, 5) is 23.9. The topological polar surface area (TPSA) is 70.7 Å². The zero-order chi connectivity index (χ0) is 14.8. The zero-order valence-corrected chi connectivity index (χ0v) is 11.9. The summed E-state index contributed by atoms with van der Waals surface area (Å²) in [6.45, 7) is 3.93. The van der Waals surface area contributed by atoms with Gasteiger partial charge < -0.3 is 10.3 Å². The van der Waals surface area contributed by atoms with Crippen LogP contribution >= 0.6 is 0 Å². The molecule has 0 fully saturated rings. The second kappa shape index (κ2) is 5.36. The standard InChI is InChI=1S/C16H16N4O/c1-10-6-7-12-14(9-10)20-15(19-12)11(2)18-16(21)13-5-3-4-8-17-13/h3-9,11H,1-2H3,(H,18,21)(H,19,20). The molecule has 3 rings (SSSR count). The van der Waals surface area contributed by atoms with Gasteiger partial charge in [-0.2, -0.15) is 0 Å². The van der Waals surface area contributed by atoms with Gasteiger partial charge in [-0.05, 0) is 43.7 Å². The van der Waals surface area contributed by atoms with E-state index in [1.807, 2.05) is 32.0 Å². The highest BCUT2D eigenvalue weighted by Gasteiger charge is 2.15.